The minimum absolute atomic E-state index is 0.123. The Bertz CT molecular complexity index is 2190. The second-order valence-corrected chi connectivity index (χ2v) is 13.5. The zero-order valence-electron chi connectivity index (χ0n) is 26.1. The summed E-state index contributed by atoms with van der Waals surface area (Å²) in [7, 11) is 0. The summed E-state index contributed by atoms with van der Waals surface area (Å²) in [5, 5.41) is 9.31. The summed E-state index contributed by atoms with van der Waals surface area (Å²) in [5.74, 6) is 0. The molecule has 47 heavy (non-hydrogen) atoms. The molecule has 0 saturated carbocycles. The Morgan fingerprint density at radius 1 is 0.489 bits per heavy atom. The number of benzene rings is 6. The van der Waals surface area contributed by atoms with Crippen LogP contribution in [0.25, 0.3) is 16.9 Å². The predicted molar refractivity (Wildman–Crippen MR) is 192 cm³/mol. The molecule has 0 spiro atoms. The average Bonchev–Trinajstić information content (AvgIpc) is 3.62. The van der Waals surface area contributed by atoms with Gasteiger partial charge in [0.05, 0.1) is 40.3 Å². The van der Waals surface area contributed by atoms with Crippen LogP contribution >= 0.6 is 11.8 Å². The zero-order chi connectivity index (χ0) is 31.5. The quantitative estimate of drug-likeness (QED) is 0.194. The number of anilines is 6. The SMILES string of the molecule is CC1(C)c2ccccc2N(c2ccccc2-n2cc(-c3ccc(N4c5ccccc5Sc5ccccc54)cc3)nn2)c2ccccc21. The molecule has 0 radical (unpaired) electrons. The van der Waals surface area contributed by atoms with E-state index in [1.165, 1.54) is 43.7 Å². The molecule has 0 amide bonds. The van der Waals surface area contributed by atoms with Crippen molar-refractivity contribution in [2.75, 3.05) is 9.80 Å². The van der Waals surface area contributed by atoms with Gasteiger partial charge in [-0.25, -0.2) is 4.68 Å². The first kappa shape index (κ1) is 27.7. The summed E-state index contributed by atoms with van der Waals surface area (Å²) in [5.41, 5.74) is 12.2. The van der Waals surface area contributed by atoms with Gasteiger partial charge in [0, 0.05) is 26.5 Å². The summed E-state index contributed by atoms with van der Waals surface area (Å²) < 4.78 is 1.90. The van der Waals surface area contributed by atoms with Crippen LogP contribution in [0, 0.1) is 0 Å². The molecule has 0 atom stereocenters. The fraction of sp³-hybridized carbons (Fsp3) is 0.0732. The highest BCUT2D eigenvalue weighted by atomic mass is 32.2. The van der Waals surface area contributed by atoms with Crippen LogP contribution in [-0.4, -0.2) is 15.0 Å². The van der Waals surface area contributed by atoms with Crippen molar-refractivity contribution in [1.82, 2.24) is 15.0 Å². The van der Waals surface area contributed by atoms with Gasteiger partial charge in [-0.1, -0.05) is 116 Å². The molecule has 7 aromatic rings. The second-order valence-electron chi connectivity index (χ2n) is 12.5. The van der Waals surface area contributed by atoms with Gasteiger partial charge < -0.3 is 9.80 Å². The Hall–Kier alpha value is -5.59. The summed E-state index contributed by atoms with van der Waals surface area (Å²) in [4.78, 5) is 7.21. The molecule has 5 nitrogen and oxygen atoms in total. The molecular formula is C41H31N5S. The van der Waals surface area contributed by atoms with Gasteiger partial charge in [-0.15, -0.1) is 5.10 Å². The monoisotopic (exact) mass is 625 g/mol. The van der Waals surface area contributed by atoms with E-state index in [2.05, 4.69) is 180 Å². The van der Waals surface area contributed by atoms with Gasteiger partial charge in [0.15, 0.2) is 0 Å². The number of nitrogens with zero attached hydrogens (tertiary/aromatic N) is 5. The van der Waals surface area contributed by atoms with E-state index >= 15 is 0 Å². The lowest BCUT2D eigenvalue weighted by molar-refractivity contribution is 0.631. The van der Waals surface area contributed by atoms with Gasteiger partial charge in [0.1, 0.15) is 5.69 Å². The van der Waals surface area contributed by atoms with E-state index < -0.39 is 0 Å². The Kier molecular flexibility index (Phi) is 6.34. The van der Waals surface area contributed by atoms with Crippen LogP contribution in [0.2, 0.25) is 0 Å². The van der Waals surface area contributed by atoms with E-state index in [0.29, 0.717) is 0 Å². The first-order valence-corrected chi connectivity index (χ1v) is 16.7. The first-order chi connectivity index (χ1) is 23.1. The van der Waals surface area contributed by atoms with Crippen LogP contribution in [0.1, 0.15) is 25.0 Å². The maximum atomic E-state index is 4.66. The van der Waals surface area contributed by atoms with E-state index in [0.717, 1.165) is 28.3 Å². The van der Waals surface area contributed by atoms with Crippen molar-refractivity contribution in [1.29, 1.82) is 0 Å². The standard InChI is InChI=1S/C41H31N5S/c1-41(2)30-13-3-5-15-33(30)46(34-16-6-4-14-31(34)41)36-18-8-7-17-35(36)44-27-32(42-43-44)28-23-25-29(26-24-28)45-37-19-9-11-21-39(37)47-40-22-12-10-20-38(40)45/h3-27H,1-2H3. The van der Waals surface area contributed by atoms with Crippen LogP contribution in [0.5, 0.6) is 0 Å². The van der Waals surface area contributed by atoms with E-state index in [-0.39, 0.29) is 5.41 Å². The van der Waals surface area contributed by atoms with Gasteiger partial charge >= 0.3 is 0 Å². The lowest BCUT2D eigenvalue weighted by atomic mass is 9.73. The molecule has 2 aliphatic rings. The Labute approximate surface area is 278 Å². The topological polar surface area (TPSA) is 37.2 Å². The molecule has 9 rings (SSSR count). The van der Waals surface area contributed by atoms with Gasteiger partial charge in [0.25, 0.3) is 0 Å². The number of rotatable bonds is 4. The third kappa shape index (κ3) is 4.40. The number of para-hydroxylation sites is 6. The van der Waals surface area contributed by atoms with E-state index in [9.17, 15) is 0 Å². The van der Waals surface area contributed by atoms with Crippen molar-refractivity contribution in [3.63, 3.8) is 0 Å². The third-order valence-electron chi connectivity index (χ3n) is 9.35. The van der Waals surface area contributed by atoms with Crippen molar-refractivity contribution in [3.8, 4) is 16.9 Å². The molecule has 6 heteroatoms. The average molecular weight is 626 g/mol. The van der Waals surface area contributed by atoms with Crippen molar-refractivity contribution < 1.29 is 0 Å². The molecule has 0 bridgehead atoms. The minimum atomic E-state index is -0.123. The normalized spacial score (nSPS) is 14.2. The molecule has 0 unspecified atom stereocenters. The fourth-order valence-electron chi connectivity index (χ4n) is 7.05. The lowest BCUT2D eigenvalue weighted by Gasteiger charge is -2.42. The van der Waals surface area contributed by atoms with Crippen molar-refractivity contribution in [2.24, 2.45) is 0 Å². The van der Waals surface area contributed by atoms with E-state index in [1.54, 1.807) is 0 Å². The molecule has 1 aromatic heterocycles. The Morgan fingerprint density at radius 3 is 1.57 bits per heavy atom. The summed E-state index contributed by atoms with van der Waals surface area (Å²) >= 11 is 1.82. The molecule has 6 aromatic carbocycles. The van der Waals surface area contributed by atoms with Gasteiger partial charge in [-0.3, -0.25) is 0 Å². The van der Waals surface area contributed by atoms with Crippen molar-refractivity contribution >= 4 is 45.9 Å². The molecular weight excluding hydrogens is 595 g/mol. The van der Waals surface area contributed by atoms with Gasteiger partial charge in [-0.2, -0.15) is 0 Å². The number of fused-ring (bicyclic) bond motifs is 4. The van der Waals surface area contributed by atoms with E-state index in [1.807, 2.05) is 22.6 Å². The molecule has 226 valence electrons. The number of hydrogen-bond acceptors (Lipinski definition) is 5. The second kappa shape index (κ2) is 10.7. The fourth-order valence-corrected chi connectivity index (χ4v) is 8.11. The van der Waals surface area contributed by atoms with Crippen LogP contribution in [0.4, 0.5) is 34.1 Å². The molecule has 0 saturated heterocycles. The maximum Gasteiger partial charge on any atom is 0.113 e. The molecule has 0 fully saturated rings. The number of hydrogen-bond donors (Lipinski definition) is 0. The van der Waals surface area contributed by atoms with Crippen LogP contribution in [0.15, 0.2) is 162 Å². The highest BCUT2D eigenvalue weighted by Crippen LogP contribution is 2.53. The molecule has 2 aliphatic heterocycles. The van der Waals surface area contributed by atoms with Crippen LogP contribution in [-0.2, 0) is 5.41 Å². The Morgan fingerprint density at radius 2 is 0.979 bits per heavy atom. The van der Waals surface area contributed by atoms with Crippen molar-refractivity contribution in [3.05, 3.63) is 163 Å². The highest BCUT2D eigenvalue weighted by Gasteiger charge is 2.37. The molecule has 0 aliphatic carbocycles. The molecule has 0 N–H and O–H groups in total. The van der Waals surface area contributed by atoms with Gasteiger partial charge in [-0.05, 0) is 71.8 Å². The third-order valence-corrected chi connectivity index (χ3v) is 10.5. The summed E-state index contributed by atoms with van der Waals surface area (Å²) in [6, 6.07) is 51.7. The summed E-state index contributed by atoms with van der Waals surface area (Å²) in [6.45, 7) is 4.62. The van der Waals surface area contributed by atoms with Crippen molar-refractivity contribution in [2.45, 2.75) is 29.1 Å². The first-order valence-electron chi connectivity index (χ1n) is 15.9. The van der Waals surface area contributed by atoms with Crippen LogP contribution < -0.4 is 9.80 Å². The highest BCUT2D eigenvalue weighted by molar-refractivity contribution is 7.99. The lowest BCUT2D eigenvalue weighted by Crippen LogP contribution is -2.30. The minimum Gasteiger partial charge on any atom is -0.308 e. The molecule has 3 heterocycles. The zero-order valence-corrected chi connectivity index (χ0v) is 26.9. The van der Waals surface area contributed by atoms with Crippen LogP contribution in [0.3, 0.4) is 0 Å². The predicted octanol–water partition coefficient (Wildman–Crippen LogP) is 11.0. The Balaban J connectivity index is 1.09. The number of aromatic nitrogens is 3. The smallest absolute Gasteiger partial charge is 0.113 e. The largest absolute Gasteiger partial charge is 0.308 e. The van der Waals surface area contributed by atoms with E-state index in [4.69, 9.17) is 0 Å². The van der Waals surface area contributed by atoms with Gasteiger partial charge in [0.2, 0.25) is 0 Å². The summed E-state index contributed by atoms with van der Waals surface area (Å²) in [6.07, 6.45) is 2.03. The maximum absolute atomic E-state index is 4.66.